The van der Waals surface area contributed by atoms with E-state index in [-0.39, 0.29) is 5.69 Å². The van der Waals surface area contributed by atoms with E-state index in [1.54, 1.807) is 19.2 Å². The van der Waals surface area contributed by atoms with Gasteiger partial charge < -0.3 is 4.74 Å². The van der Waals surface area contributed by atoms with Crippen molar-refractivity contribution >= 4 is 22.9 Å². The van der Waals surface area contributed by atoms with Crippen molar-refractivity contribution in [3.63, 3.8) is 0 Å². The minimum Gasteiger partial charge on any atom is -0.497 e. The van der Waals surface area contributed by atoms with E-state index in [4.69, 9.17) is 4.74 Å². The number of nitrogens with zero attached hydrogens (tertiary/aromatic N) is 1. The van der Waals surface area contributed by atoms with Crippen molar-refractivity contribution in [3.8, 4) is 5.75 Å². The highest BCUT2D eigenvalue weighted by Crippen LogP contribution is 2.16. The molecule has 0 saturated heterocycles. The smallest absolute Gasteiger partial charge is 0.285 e. The Balaban J connectivity index is 1.93. The fraction of sp³-hybridized carbons (Fsp3) is 0.0500. The highest BCUT2D eigenvalue weighted by atomic mass is 16.6. The number of non-ortho nitro benzene ring substituents is 1. The third-order valence-electron chi connectivity index (χ3n) is 3.77. The van der Waals surface area contributed by atoms with E-state index in [1.807, 2.05) is 54.6 Å². The van der Waals surface area contributed by atoms with Gasteiger partial charge in [0.05, 0.1) is 17.6 Å². The number of nitro groups is 1. The lowest BCUT2D eigenvalue weighted by Crippen LogP contribution is -2.68. The summed E-state index contributed by atoms with van der Waals surface area (Å²) in [6, 6.07) is 23.7. The number of methoxy groups -OCH3 is 1. The summed E-state index contributed by atoms with van der Waals surface area (Å²) in [7, 11) is 1.63. The maximum Gasteiger partial charge on any atom is 0.285 e. The number of benzene rings is 3. The first-order valence-electron chi connectivity index (χ1n) is 8.00. The highest BCUT2D eigenvalue weighted by molar-refractivity contribution is 6.04. The van der Waals surface area contributed by atoms with Gasteiger partial charge in [0.25, 0.3) is 11.5 Å². The average Bonchev–Trinajstić information content (AvgIpc) is 2.69. The molecule has 130 valence electrons. The summed E-state index contributed by atoms with van der Waals surface area (Å²) in [5.41, 5.74) is 2.65. The van der Waals surface area contributed by atoms with E-state index in [1.165, 1.54) is 12.1 Å². The molecule has 0 radical (unpaired) electrons. The Hall–Kier alpha value is -3.67. The second-order valence-electron chi connectivity index (χ2n) is 5.52. The van der Waals surface area contributed by atoms with Crippen molar-refractivity contribution in [2.24, 2.45) is 0 Å². The van der Waals surface area contributed by atoms with E-state index in [9.17, 15) is 10.1 Å². The molecule has 0 bridgehead atoms. The topological polar surface area (TPSA) is 78.4 Å². The molecule has 0 atom stereocenters. The summed E-state index contributed by atoms with van der Waals surface area (Å²) in [4.78, 5) is 13.7. The Morgan fingerprint density at radius 3 is 2.19 bits per heavy atom. The van der Waals surface area contributed by atoms with Crippen LogP contribution in [0.25, 0.3) is 0 Å². The van der Waals surface area contributed by atoms with Crippen molar-refractivity contribution < 1.29 is 14.7 Å². The molecule has 3 aromatic carbocycles. The molecule has 0 fully saturated rings. The standard InChI is InChI=1S/C20H17N3O3/c1-26-19-13-9-17(10-14-19)22-20(15-5-3-2-4-6-15)21-16-7-11-18(12-8-16)23(24)25/h2-14H,1H3,(H,21,22)/p+1. The van der Waals surface area contributed by atoms with Gasteiger partial charge in [-0.25, -0.2) is 10.3 Å². The van der Waals surface area contributed by atoms with Crippen LogP contribution in [0.3, 0.4) is 0 Å². The van der Waals surface area contributed by atoms with E-state index < -0.39 is 4.92 Å². The summed E-state index contributed by atoms with van der Waals surface area (Å²) in [6.45, 7) is 0. The van der Waals surface area contributed by atoms with Crippen LogP contribution in [0.4, 0.5) is 17.1 Å². The van der Waals surface area contributed by atoms with Crippen LogP contribution < -0.4 is 15.0 Å². The summed E-state index contributed by atoms with van der Waals surface area (Å²) in [5, 5.41) is 14.2. The molecular weight excluding hydrogens is 330 g/mol. The Bertz CT molecular complexity index is 905. The average molecular weight is 348 g/mol. The maximum absolute atomic E-state index is 10.8. The first-order valence-corrected chi connectivity index (χ1v) is 8.00. The lowest BCUT2D eigenvalue weighted by molar-refractivity contribution is -0.385. The molecular formula is C20H18N3O3+. The minimum absolute atomic E-state index is 0.0555. The summed E-state index contributed by atoms with van der Waals surface area (Å²) in [5.74, 6) is 1.55. The van der Waals surface area contributed by atoms with Crippen LogP contribution >= 0.6 is 0 Å². The van der Waals surface area contributed by atoms with Gasteiger partial charge in [0.1, 0.15) is 17.1 Å². The van der Waals surface area contributed by atoms with Crippen LogP contribution in [0.1, 0.15) is 5.56 Å². The van der Waals surface area contributed by atoms with Gasteiger partial charge in [0.2, 0.25) is 0 Å². The van der Waals surface area contributed by atoms with Gasteiger partial charge in [-0.2, -0.15) is 0 Å². The maximum atomic E-state index is 10.8. The summed E-state index contributed by atoms with van der Waals surface area (Å²) >= 11 is 0. The third kappa shape index (κ3) is 4.24. The van der Waals surface area contributed by atoms with E-state index in [2.05, 4.69) is 10.3 Å². The van der Waals surface area contributed by atoms with Gasteiger partial charge in [-0.3, -0.25) is 10.1 Å². The molecule has 3 rings (SSSR count). The lowest BCUT2D eigenvalue weighted by Gasteiger charge is -2.05. The Morgan fingerprint density at radius 2 is 1.62 bits per heavy atom. The molecule has 0 aliphatic heterocycles. The van der Waals surface area contributed by atoms with Crippen LogP contribution in [0.5, 0.6) is 5.75 Å². The molecule has 6 heteroatoms. The van der Waals surface area contributed by atoms with Crippen molar-refractivity contribution in [1.29, 1.82) is 0 Å². The Labute approximate surface area is 150 Å². The monoisotopic (exact) mass is 348 g/mol. The molecule has 0 unspecified atom stereocenters. The van der Waals surface area contributed by atoms with Crippen molar-refractivity contribution in [1.82, 2.24) is 0 Å². The van der Waals surface area contributed by atoms with Crippen molar-refractivity contribution in [2.75, 3.05) is 12.4 Å². The molecule has 0 aromatic heterocycles. The highest BCUT2D eigenvalue weighted by Gasteiger charge is 2.12. The SMILES string of the molecule is COc1ccc(NC(=[NH+]c2ccc([N+](=O)[O-])cc2)c2ccccc2)cc1. The second-order valence-corrected chi connectivity index (χ2v) is 5.52. The summed E-state index contributed by atoms with van der Waals surface area (Å²) < 4.78 is 5.18. The third-order valence-corrected chi connectivity index (χ3v) is 3.77. The molecule has 0 aliphatic carbocycles. The molecule has 6 nitrogen and oxygen atoms in total. The number of ether oxygens (including phenoxy) is 1. The number of nitrogens with one attached hydrogen (secondary N) is 2. The number of hydrogen-bond acceptors (Lipinski definition) is 3. The van der Waals surface area contributed by atoms with E-state index >= 15 is 0 Å². The number of rotatable bonds is 5. The van der Waals surface area contributed by atoms with Crippen molar-refractivity contribution in [3.05, 3.63) is 94.5 Å². The van der Waals surface area contributed by atoms with Crippen LogP contribution in [-0.2, 0) is 0 Å². The zero-order chi connectivity index (χ0) is 18.4. The van der Waals surface area contributed by atoms with Crippen LogP contribution in [0, 0.1) is 10.1 Å². The van der Waals surface area contributed by atoms with Gasteiger partial charge in [-0.1, -0.05) is 18.2 Å². The minimum atomic E-state index is -0.415. The van der Waals surface area contributed by atoms with E-state index in [0.29, 0.717) is 0 Å². The van der Waals surface area contributed by atoms with Gasteiger partial charge in [0.15, 0.2) is 0 Å². The fourth-order valence-corrected chi connectivity index (χ4v) is 2.41. The van der Waals surface area contributed by atoms with Crippen molar-refractivity contribution in [2.45, 2.75) is 0 Å². The zero-order valence-electron chi connectivity index (χ0n) is 14.2. The quantitative estimate of drug-likeness (QED) is 0.322. The van der Waals surface area contributed by atoms with Crippen LogP contribution in [0.15, 0.2) is 78.9 Å². The number of nitro benzene ring substituents is 1. The molecule has 2 N–H and O–H groups in total. The van der Waals surface area contributed by atoms with Gasteiger partial charge >= 0.3 is 0 Å². The largest absolute Gasteiger partial charge is 0.497 e. The van der Waals surface area contributed by atoms with Gasteiger partial charge in [-0.15, -0.1) is 0 Å². The fourth-order valence-electron chi connectivity index (χ4n) is 2.41. The van der Waals surface area contributed by atoms with Gasteiger partial charge in [0, 0.05) is 12.1 Å². The lowest BCUT2D eigenvalue weighted by atomic mass is 10.2. The normalized spacial score (nSPS) is 11.0. The first kappa shape index (κ1) is 17.2. The zero-order valence-corrected chi connectivity index (χ0v) is 14.2. The predicted octanol–water partition coefficient (Wildman–Crippen LogP) is 2.87. The van der Waals surface area contributed by atoms with Crippen LogP contribution in [-0.4, -0.2) is 17.9 Å². The summed E-state index contributed by atoms with van der Waals surface area (Å²) in [6.07, 6.45) is 0. The predicted molar refractivity (Wildman–Crippen MR) is 101 cm³/mol. The van der Waals surface area contributed by atoms with Gasteiger partial charge in [-0.05, 0) is 48.5 Å². The number of amidine groups is 1. The second kappa shape index (κ2) is 7.94. The molecule has 0 spiro atoms. The molecule has 0 saturated carbocycles. The number of hydrogen-bond donors (Lipinski definition) is 2. The molecule has 3 aromatic rings. The molecule has 26 heavy (non-hydrogen) atoms. The number of anilines is 1. The first-order chi connectivity index (χ1) is 12.7. The van der Waals surface area contributed by atoms with E-state index in [0.717, 1.165) is 28.5 Å². The molecule has 0 amide bonds. The Kier molecular flexibility index (Phi) is 5.24. The molecule has 0 aliphatic rings. The molecule has 0 heterocycles. The Morgan fingerprint density at radius 1 is 0.962 bits per heavy atom. The van der Waals surface area contributed by atoms with Crippen LogP contribution in [0.2, 0.25) is 0 Å².